The number of rotatable bonds is 5. The Morgan fingerprint density at radius 3 is 2.58 bits per heavy atom. The predicted molar refractivity (Wildman–Crippen MR) is 136 cm³/mol. The number of hydrogen-bond donors (Lipinski definition) is 2. The third-order valence-electron chi connectivity index (χ3n) is 5.74. The minimum Gasteiger partial charge on any atom is -0.368 e. The van der Waals surface area contributed by atoms with E-state index in [0.717, 1.165) is 0 Å². The highest BCUT2D eigenvalue weighted by Crippen LogP contribution is 2.29. The molecule has 176 valence electrons. The van der Waals surface area contributed by atoms with Gasteiger partial charge >= 0.3 is 0 Å². The molecule has 0 amide bonds. The minimum atomic E-state index is -0.554. The number of para-hydroxylation sites is 1. The number of nitrogens with one attached hydrogen (secondary N) is 1. The van der Waals surface area contributed by atoms with Crippen LogP contribution in [0.25, 0.3) is 27.7 Å². The molecule has 0 spiro atoms. The standard InChI is InChI=1S/C27H20FN7O/c1-16(32-24-18(14-29)15-31-27(30)34-24)25-33-22-12-6-11-21(17-7-5-8-19(28)13-17)23(22)26(36)35(25)20-9-3-2-4-10-20/h2-13,15-16H,1H3,(H3,30,31,32,34)/t16-/m0/s1. The quantitative estimate of drug-likeness (QED) is 0.379. The molecule has 0 saturated carbocycles. The van der Waals surface area contributed by atoms with Crippen LogP contribution in [-0.2, 0) is 0 Å². The lowest BCUT2D eigenvalue weighted by Gasteiger charge is -2.21. The second-order valence-corrected chi connectivity index (χ2v) is 8.12. The van der Waals surface area contributed by atoms with E-state index >= 15 is 0 Å². The summed E-state index contributed by atoms with van der Waals surface area (Å²) in [5, 5.41) is 13.0. The van der Waals surface area contributed by atoms with E-state index in [1.807, 2.05) is 31.2 Å². The summed E-state index contributed by atoms with van der Waals surface area (Å²) < 4.78 is 15.5. The smallest absolute Gasteiger partial charge is 0.266 e. The number of fused-ring (bicyclic) bond motifs is 1. The maximum Gasteiger partial charge on any atom is 0.266 e. The fourth-order valence-electron chi connectivity index (χ4n) is 4.12. The predicted octanol–water partition coefficient (Wildman–Crippen LogP) is 4.61. The summed E-state index contributed by atoms with van der Waals surface area (Å²) in [5.74, 6) is 0.249. The first-order valence-corrected chi connectivity index (χ1v) is 11.1. The Labute approximate surface area is 205 Å². The Hall–Kier alpha value is -5.10. The topological polar surface area (TPSA) is 123 Å². The molecule has 0 aliphatic rings. The van der Waals surface area contributed by atoms with Gasteiger partial charge in [0.25, 0.3) is 5.56 Å². The molecule has 1 atom stereocenters. The molecule has 9 heteroatoms. The lowest BCUT2D eigenvalue weighted by molar-refractivity contribution is 0.628. The maximum atomic E-state index is 14.1. The molecule has 8 nitrogen and oxygen atoms in total. The number of benzene rings is 3. The molecule has 5 rings (SSSR count). The molecular formula is C27H20FN7O. The lowest BCUT2D eigenvalue weighted by Crippen LogP contribution is -2.28. The summed E-state index contributed by atoms with van der Waals surface area (Å²) in [6, 6.07) is 22.0. The van der Waals surface area contributed by atoms with Gasteiger partial charge in [-0.1, -0.05) is 42.5 Å². The van der Waals surface area contributed by atoms with Gasteiger partial charge in [-0.15, -0.1) is 0 Å². The molecule has 2 heterocycles. The summed E-state index contributed by atoms with van der Waals surface area (Å²) in [6.07, 6.45) is 1.33. The molecule has 3 aromatic carbocycles. The average Bonchev–Trinajstić information content (AvgIpc) is 2.89. The molecule has 0 aliphatic heterocycles. The third kappa shape index (κ3) is 4.12. The number of aromatic nitrogens is 4. The van der Waals surface area contributed by atoms with Gasteiger partial charge in [0.15, 0.2) is 0 Å². The van der Waals surface area contributed by atoms with E-state index in [1.165, 1.54) is 22.9 Å². The van der Waals surface area contributed by atoms with Crippen LogP contribution in [0.2, 0.25) is 0 Å². The normalized spacial score (nSPS) is 11.7. The van der Waals surface area contributed by atoms with Gasteiger partial charge in [-0.3, -0.25) is 9.36 Å². The van der Waals surface area contributed by atoms with Crippen LogP contribution in [0.1, 0.15) is 24.4 Å². The van der Waals surface area contributed by atoms with Crippen LogP contribution < -0.4 is 16.6 Å². The van der Waals surface area contributed by atoms with Crippen LogP contribution in [0, 0.1) is 17.1 Å². The van der Waals surface area contributed by atoms with Crippen LogP contribution in [0.4, 0.5) is 16.2 Å². The summed E-state index contributed by atoms with van der Waals surface area (Å²) in [6.45, 7) is 1.81. The van der Waals surface area contributed by atoms with Crippen LogP contribution in [0.5, 0.6) is 0 Å². The molecule has 0 bridgehead atoms. The zero-order valence-electron chi connectivity index (χ0n) is 19.2. The first kappa shape index (κ1) is 22.7. The fraction of sp³-hybridized carbons (Fsp3) is 0.0741. The number of nitrogens with zero attached hydrogens (tertiary/aromatic N) is 5. The summed E-state index contributed by atoms with van der Waals surface area (Å²) in [7, 11) is 0. The van der Waals surface area contributed by atoms with Crippen molar-refractivity contribution < 1.29 is 4.39 Å². The van der Waals surface area contributed by atoms with Crippen molar-refractivity contribution in [3.8, 4) is 22.9 Å². The molecule has 2 aromatic heterocycles. The Bertz CT molecular complexity index is 1690. The highest BCUT2D eigenvalue weighted by atomic mass is 19.1. The Morgan fingerprint density at radius 2 is 1.83 bits per heavy atom. The van der Waals surface area contributed by atoms with Gasteiger partial charge in [-0.2, -0.15) is 10.2 Å². The first-order chi connectivity index (χ1) is 17.5. The number of halogens is 1. The number of nitrogens with two attached hydrogens (primary N) is 1. The molecule has 0 aliphatic carbocycles. The fourth-order valence-corrected chi connectivity index (χ4v) is 4.12. The maximum absolute atomic E-state index is 14.1. The van der Waals surface area contributed by atoms with E-state index in [4.69, 9.17) is 10.7 Å². The lowest BCUT2D eigenvalue weighted by atomic mass is 10.0. The van der Waals surface area contributed by atoms with Crippen molar-refractivity contribution in [2.24, 2.45) is 0 Å². The highest BCUT2D eigenvalue weighted by molar-refractivity contribution is 5.94. The van der Waals surface area contributed by atoms with Crippen molar-refractivity contribution >= 4 is 22.7 Å². The summed E-state index contributed by atoms with van der Waals surface area (Å²) in [4.78, 5) is 26.9. The van der Waals surface area contributed by atoms with Crippen molar-refractivity contribution in [1.29, 1.82) is 5.26 Å². The second-order valence-electron chi connectivity index (χ2n) is 8.12. The van der Waals surface area contributed by atoms with Gasteiger partial charge in [0, 0.05) is 0 Å². The Kier molecular flexibility index (Phi) is 5.84. The average molecular weight is 478 g/mol. The molecule has 36 heavy (non-hydrogen) atoms. The van der Waals surface area contributed by atoms with E-state index in [-0.39, 0.29) is 22.9 Å². The summed E-state index contributed by atoms with van der Waals surface area (Å²) in [5.41, 5.74) is 7.85. The molecular weight excluding hydrogens is 457 g/mol. The molecule has 0 saturated heterocycles. The van der Waals surface area contributed by atoms with Crippen molar-refractivity contribution in [1.82, 2.24) is 19.5 Å². The molecule has 0 unspecified atom stereocenters. The third-order valence-corrected chi connectivity index (χ3v) is 5.74. The molecule has 0 fully saturated rings. The largest absolute Gasteiger partial charge is 0.368 e. The van der Waals surface area contributed by atoms with E-state index in [2.05, 4.69) is 15.3 Å². The van der Waals surface area contributed by atoms with Gasteiger partial charge in [0.05, 0.1) is 28.8 Å². The van der Waals surface area contributed by atoms with Crippen LogP contribution in [0.3, 0.4) is 0 Å². The summed E-state index contributed by atoms with van der Waals surface area (Å²) >= 11 is 0. The van der Waals surface area contributed by atoms with Crippen LogP contribution in [0.15, 0.2) is 83.8 Å². The zero-order valence-corrected chi connectivity index (χ0v) is 19.2. The van der Waals surface area contributed by atoms with Crippen molar-refractivity contribution in [3.63, 3.8) is 0 Å². The minimum absolute atomic E-state index is 0.00959. The van der Waals surface area contributed by atoms with Gasteiger partial charge in [-0.25, -0.2) is 14.4 Å². The van der Waals surface area contributed by atoms with Gasteiger partial charge < -0.3 is 11.1 Å². The Morgan fingerprint density at radius 1 is 1.06 bits per heavy atom. The van der Waals surface area contributed by atoms with Gasteiger partial charge in [0.2, 0.25) is 5.95 Å². The van der Waals surface area contributed by atoms with Crippen LogP contribution >= 0.6 is 0 Å². The van der Waals surface area contributed by atoms with Crippen molar-refractivity contribution in [3.05, 3.63) is 107 Å². The van der Waals surface area contributed by atoms with Crippen molar-refractivity contribution in [2.75, 3.05) is 11.1 Å². The molecule has 0 radical (unpaired) electrons. The highest BCUT2D eigenvalue weighted by Gasteiger charge is 2.21. The number of anilines is 2. The van der Waals surface area contributed by atoms with Crippen LogP contribution in [-0.4, -0.2) is 19.5 Å². The molecule has 5 aromatic rings. The van der Waals surface area contributed by atoms with E-state index in [0.29, 0.717) is 33.5 Å². The number of hydrogen-bond acceptors (Lipinski definition) is 7. The van der Waals surface area contributed by atoms with Gasteiger partial charge in [-0.05, 0) is 48.4 Å². The molecule has 3 N–H and O–H groups in total. The number of nitriles is 1. The second kappa shape index (κ2) is 9.27. The van der Waals surface area contributed by atoms with E-state index in [9.17, 15) is 14.4 Å². The Balaban J connectivity index is 1.75. The van der Waals surface area contributed by atoms with E-state index in [1.54, 1.807) is 42.5 Å². The zero-order chi connectivity index (χ0) is 25.2. The van der Waals surface area contributed by atoms with Crippen molar-refractivity contribution in [2.45, 2.75) is 13.0 Å². The van der Waals surface area contributed by atoms with Gasteiger partial charge in [0.1, 0.15) is 29.1 Å². The SMILES string of the molecule is C[C@H](Nc1nc(N)ncc1C#N)c1nc2cccc(-c3cccc(F)c3)c2c(=O)n1-c1ccccc1. The van der Waals surface area contributed by atoms with E-state index < -0.39 is 11.9 Å². The monoisotopic (exact) mass is 477 g/mol. The number of nitrogen functional groups attached to an aromatic ring is 1. The first-order valence-electron chi connectivity index (χ1n) is 11.1.